The minimum atomic E-state index is -0.377. The van der Waals surface area contributed by atoms with Crippen molar-refractivity contribution < 1.29 is 14.3 Å². The smallest absolute Gasteiger partial charge is 0.407 e. The Morgan fingerprint density at radius 1 is 1.22 bits per heavy atom. The first-order valence-corrected chi connectivity index (χ1v) is 6.80. The van der Waals surface area contributed by atoms with Gasteiger partial charge in [-0.25, -0.2) is 4.79 Å². The standard InChI is InChI=1S/C13H22ClNO3/c1-13(2,3)15-12(17)18-8-9-4-6-10(7-5-9)11(14)16/h9-10H,4-8H2,1-3H3,(H,15,17). The Morgan fingerprint density at radius 2 is 1.78 bits per heavy atom. The van der Waals surface area contributed by atoms with Gasteiger partial charge in [0.15, 0.2) is 0 Å². The number of rotatable bonds is 3. The molecule has 0 aliphatic heterocycles. The molecule has 0 aromatic carbocycles. The number of carbonyl (C=O) groups excluding carboxylic acids is 2. The Bertz CT molecular complexity index is 304. The quantitative estimate of drug-likeness (QED) is 0.806. The molecule has 1 rings (SSSR count). The summed E-state index contributed by atoms with van der Waals surface area (Å²) in [5.41, 5.74) is -0.278. The molecule has 0 atom stereocenters. The SMILES string of the molecule is CC(C)(C)NC(=O)OCC1CCC(C(=O)Cl)CC1. The number of hydrogen-bond acceptors (Lipinski definition) is 3. The maximum atomic E-state index is 11.5. The lowest BCUT2D eigenvalue weighted by molar-refractivity contribution is -0.116. The van der Waals surface area contributed by atoms with Crippen LogP contribution in [0.3, 0.4) is 0 Å². The van der Waals surface area contributed by atoms with E-state index in [1.54, 1.807) is 0 Å². The average molecular weight is 276 g/mol. The molecule has 1 fully saturated rings. The summed E-state index contributed by atoms with van der Waals surface area (Å²) in [5, 5.41) is 2.51. The highest BCUT2D eigenvalue weighted by Crippen LogP contribution is 2.30. The lowest BCUT2D eigenvalue weighted by Gasteiger charge is -2.26. The van der Waals surface area contributed by atoms with Gasteiger partial charge in [-0.2, -0.15) is 0 Å². The summed E-state index contributed by atoms with van der Waals surface area (Å²) in [6, 6.07) is 0. The maximum absolute atomic E-state index is 11.5. The summed E-state index contributed by atoms with van der Waals surface area (Å²) in [7, 11) is 0. The van der Waals surface area contributed by atoms with E-state index in [0.717, 1.165) is 25.7 Å². The van der Waals surface area contributed by atoms with E-state index >= 15 is 0 Å². The van der Waals surface area contributed by atoms with Crippen LogP contribution in [0.2, 0.25) is 0 Å². The van der Waals surface area contributed by atoms with Gasteiger partial charge in [0.05, 0.1) is 6.61 Å². The first kappa shape index (κ1) is 15.3. The lowest BCUT2D eigenvalue weighted by atomic mass is 9.83. The van der Waals surface area contributed by atoms with E-state index in [0.29, 0.717) is 12.5 Å². The van der Waals surface area contributed by atoms with Crippen LogP contribution in [0.15, 0.2) is 0 Å². The van der Waals surface area contributed by atoms with Crippen molar-refractivity contribution in [3.63, 3.8) is 0 Å². The number of ether oxygens (including phenoxy) is 1. The van der Waals surface area contributed by atoms with E-state index in [-0.39, 0.29) is 22.8 Å². The highest BCUT2D eigenvalue weighted by molar-refractivity contribution is 6.63. The van der Waals surface area contributed by atoms with Crippen LogP contribution in [0.4, 0.5) is 4.79 Å². The number of amides is 1. The number of hydrogen-bond donors (Lipinski definition) is 1. The lowest BCUT2D eigenvalue weighted by Crippen LogP contribution is -2.41. The van der Waals surface area contributed by atoms with E-state index in [1.807, 2.05) is 20.8 Å². The zero-order valence-electron chi connectivity index (χ0n) is 11.3. The topological polar surface area (TPSA) is 55.4 Å². The molecule has 0 spiro atoms. The maximum Gasteiger partial charge on any atom is 0.407 e. The molecule has 18 heavy (non-hydrogen) atoms. The van der Waals surface area contributed by atoms with Crippen molar-refractivity contribution >= 4 is 22.9 Å². The number of carbonyl (C=O) groups is 2. The van der Waals surface area contributed by atoms with Gasteiger partial charge < -0.3 is 10.1 Å². The van der Waals surface area contributed by atoms with Crippen LogP contribution in [-0.2, 0) is 9.53 Å². The molecular weight excluding hydrogens is 254 g/mol. The van der Waals surface area contributed by atoms with Gasteiger partial charge in [-0.05, 0) is 64.0 Å². The van der Waals surface area contributed by atoms with E-state index in [9.17, 15) is 9.59 Å². The zero-order valence-corrected chi connectivity index (χ0v) is 12.0. The molecule has 0 aromatic rings. The average Bonchev–Trinajstić information content (AvgIpc) is 2.24. The second-order valence-electron chi connectivity index (χ2n) is 6.00. The Labute approximate surface area is 113 Å². The van der Waals surface area contributed by atoms with Crippen LogP contribution >= 0.6 is 11.6 Å². The van der Waals surface area contributed by atoms with Gasteiger partial charge >= 0.3 is 6.09 Å². The minimum absolute atomic E-state index is 0.00804. The molecule has 1 aliphatic rings. The molecule has 104 valence electrons. The first-order chi connectivity index (χ1) is 8.28. The molecule has 1 N–H and O–H groups in total. The summed E-state index contributed by atoms with van der Waals surface area (Å²) >= 11 is 5.47. The second-order valence-corrected chi connectivity index (χ2v) is 6.37. The molecule has 5 heteroatoms. The fourth-order valence-corrected chi connectivity index (χ4v) is 2.31. The van der Waals surface area contributed by atoms with Crippen molar-refractivity contribution in [2.75, 3.05) is 6.61 Å². The Hall–Kier alpha value is -0.770. The number of halogens is 1. The van der Waals surface area contributed by atoms with Gasteiger partial charge in [-0.3, -0.25) is 4.79 Å². The van der Waals surface area contributed by atoms with Gasteiger partial charge in [-0.15, -0.1) is 0 Å². The van der Waals surface area contributed by atoms with E-state index in [4.69, 9.17) is 16.3 Å². The molecule has 1 aliphatic carbocycles. The predicted molar refractivity (Wildman–Crippen MR) is 70.5 cm³/mol. The van der Waals surface area contributed by atoms with Crippen LogP contribution < -0.4 is 5.32 Å². The third kappa shape index (κ3) is 5.71. The van der Waals surface area contributed by atoms with Crippen LogP contribution in [0.5, 0.6) is 0 Å². The predicted octanol–water partition coefficient (Wildman–Crippen LogP) is 3.08. The molecule has 0 heterocycles. The zero-order chi connectivity index (χ0) is 13.8. The fourth-order valence-electron chi connectivity index (χ4n) is 2.09. The summed E-state index contributed by atoms with van der Waals surface area (Å²) in [4.78, 5) is 22.5. The summed E-state index contributed by atoms with van der Waals surface area (Å²) in [5.74, 6) is 0.342. The van der Waals surface area contributed by atoms with Gasteiger partial charge in [0, 0.05) is 11.5 Å². The van der Waals surface area contributed by atoms with Crippen molar-refractivity contribution in [3.05, 3.63) is 0 Å². The number of alkyl carbamates (subject to hydrolysis) is 1. The second kappa shape index (κ2) is 6.41. The fraction of sp³-hybridized carbons (Fsp3) is 0.846. The summed E-state index contributed by atoms with van der Waals surface area (Å²) in [6.45, 7) is 6.15. The van der Waals surface area contributed by atoms with Gasteiger partial charge in [0.1, 0.15) is 0 Å². The molecule has 4 nitrogen and oxygen atoms in total. The highest BCUT2D eigenvalue weighted by Gasteiger charge is 2.26. The number of nitrogens with one attached hydrogen (secondary N) is 1. The molecule has 0 bridgehead atoms. The Morgan fingerprint density at radius 3 is 2.22 bits per heavy atom. The van der Waals surface area contributed by atoms with Crippen molar-refractivity contribution in [1.82, 2.24) is 5.32 Å². The molecule has 0 saturated heterocycles. The molecule has 0 unspecified atom stereocenters. The molecule has 0 radical (unpaired) electrons. The van der Waals surface area contributed by atoms with Crippen molar-refractivity contribution in [3.8, 4) is 0 Å². The summed E-state index contributed by atoms with van der Waals surface area (Å²) < 4.78 is 5.19. The largest absolute Gasteiger partial charge is 0.449 e. The summed E-state index contributed by atoms with van der Waals surface area (Å²) in [6.07, 6.45) is 3.02. The molecule has 1 amide bonds. The van der Waals surface area contributed by atoms with Crippen LogP contribution in [0, 0.1) is 11.8 Å². The minimum Gasteiger partial charge on any atom is -0.449 e. The van der Waals surface area contributed by atoms with Crippen molar-refractivity contribution in [1.29, 1.82) is 0 Å². The van der Waals surface area contributed by atoms with Crippen LogP contribution in [-0.4, -0.2) is 23.5 Å². The van der Waals surface area contributed by atoms with Gasteiger partial charge in [-0.1, -0.05) is 0 Å². The monoisotopic (exact) mass is 275 g/mol. The van der Waals surface area contributed by atoms with Crippen LogP contribution in [0.25, 0.3) is 0 Å². The van der Waals surface area contributed by atoms with Gasteiger partial charge in [0.25, 0.3) is 0 Å². The van der Waals surface area contributed by atoms with Crippen LogP contribution in [0.1, 0.15) is 46.5 Å². The normalized spacial score (nSPS) is 24.4. The van der Waals surface area contributed by atoms with E-state index in [2.05, 4.69) is 5.32 Å². The third-order valence-corrected chi connectivity index (χ3v) is 3.40. The van der Waals surface area contributed by atoms with Gasteiger partial charge in [0.2, 0.25) is 5.24 Å². The van der Waals surface area contributed by atoms with E-state index < -0.39 is 0 Å². The molecular formula is C13H22ClNO3. The van der Waals surface area contributed by atoms with Crippen molar-refractivity contribution in [2.24, 2.45) is 11.8 Å². The molecule has 1 saturated carbocycles. The van der Waals surface area contributed by atoms with Crippen molar-refractivity contribution in [2.45, 2.75) is 52.0 Å². The highest BCUT2D eigenvalue weighted by atomic mass is 35.5. The molecule has 0 aromatic heterocycles. The Kier molecular flexibility index (Phi) is 5.45. The van der Waals surface area contributed by atoms with E-state index in [1.165, 1.54) is 0 Å². The first-order valence-electron chi connectivity index (χ1n) is 6.42. The Balaban J connectivity index is 2.22. The third-order valence-electron chi connectivity index (χ3n) is 3.09.